The van der Waals surface area contributed by atoms with Crippen LogP contribution < -0.4 is 0 Å². The average molecular weight is 309 g/mol. The molecule has 2 nitrogen and oxygen atoms in total. The molecule has 0 atom stereocenters. The minimum Gasteiger partial charge on any atom is -0.392 e. The number of nitrogens with zero attached hydrogens (tertiary/aromatic N) is 1. The van der Waals surface area contributed by atoms with Crippen molar-refractivity contribution in [2.45, 2.75) is 34.3 Å². The molecule has 3 rings (SSSR count). The van der Waals surface area contributed by atoms with Crippen LogP contribution in [0.25, 0.3) is 22.2 Å². The molecule has 0 saturated carbocycles. The van der Waals surface area contributed by atoms with Crippen molar-refractivity contribution in [1.29, 1.82) is 0 Å². The molecule has 23 heavy (non-hydrogen) atoms. The SMILES string of the molecule is Cc1cc(-c2cc(C)c3ccc(CO)c(C)c3n2)cc(C)c1F. The minimum absolute atomic E-state index is 0.00148. The van der Waals surface area contributed by atoms with Crippen LogP contribution in [-0.4, -0.2) is 10.1 Å². The van der Waals surface area contributed by atoms with E-state index in [1.807, 2.05) is 37.3 Å². The highest BCUT2D eigenvalue weighted by Crippen LogP contribution is 2.29. The molecule has 1 aromatic heterocycles. The summed E-state index contributed by atoms with van der Waals surface area (Å²) in [5.74, 6) is -0.162. The van der Waals surface area contributed by atoms with Crippen LogP contribution in [0.4, 0.5) is 4.39 Å². The fraction of sp³-hybridized carbons (Fsp3) is 0.250. The Kier molecular flexibility index (Phi) is 3.90. The maximum absolute atomic E-state index is 13.9. The molecular formula is C20H20FNO. The summed E-state index contributed by atoms with van der Waals surface area (Å²) in [6.07, 6.45) is 0. The van der Waals surface area contributed by atoms with Crippen LogP contribution in [0.15, 0.2) is 30.3 Å². The highest BCUT2D eigenvalue weighted by molar-refractivity contribution is 5.88. The Morgan fingerprint density at radius 2 is 1.61 bits per heavy atom. The summed E-state index contributed by atoms with van der Waals surface area (Å²) in [5, 5.41) is 10.5. The zero-order valence-electron chi connectivity index (χ0n) is 13.9. The molecule has 0 unspecified atom stereocenters. The van der Waals surface area contributed by atoms with E-state index < -0.39 is 0 Å². The molecule has 0 bridgehead atoms. The van der Waals surface area contributed by atoms with Crippen LogP contribution >= 0.6 is 0 Å². The Morgan fingerprint density at radius 1 is 0.957 bits per heavy atom. The summed E-state index contributed by atoms with van der Waals surface area (Å²) in [5.41, 5.74) is 6.89. The van der Waals surface area contributed by atoms with Crippen LogP contribution in [0.1, 0.15) is 27.8 Å². The van der Waals surface area contributed by atoms with E-state index >= 15 is 0 Å². The first-order valence-electron chi connectivity index (χ1n) is 7.70. The van der Waals surface area contributed by atoms with Gasteiger partial charge in [0.1, 0.15) is 5.82 Å². The van der Waals surface area contributed by atoms with Gasteiger partial charge in [0, 0.05) is 10.9 Å². The number of benzene rings is 2. The number of fused-ring (bicyclic) bond motifs is 1. The van der Waals surface area contributed by atoms with E-state index in [1.165, 1.54) is 0 Å². The van der Waals surface area contributed by atoms with Gasteiger partial charge in [-0.05, 0) is 73.7 Å². The van der Waals surface area contributed by atoms with Gasteiger partial charge in [-0.15, -0.1) is 0 Å². The van der Waals surface area contributed by atoms with Crippen molar-refractivity contribution in [2.24, 2.45) is 0 Å². The summed E-state index contributed by atoms with van der Waals surface area (Å²) >= 11 is 0. The quantitative estimate of drug-likeness (QED) is 0.740. The summed E-state index contributed by atoms with van der Waals surface area (Å²) < 4.78 is 13.9. The summed E-state index contributed by atoms with van der Waals surface area (Å²) in [7, 11) is 0. The van der Waals surface area contributed by atoms with Crippen molar-refractivity contribution >= 4 is 10.9 Å². The van der Waals surface area contributed by atoms with Crippen LogP contribution in [-0.2, 0) is 6.61 Å². The van der Waals surface area contributed by atoms with Crippen LogP contribution in [0.3, 0.4) is 0 Å². The van der Waals surface area contributed by atoms with Gasteiger partial charge in [-0.3, -0.25) is 0 Å². The molecule has 118 valence electrons. The summed E-state index contributed by atoms with van der Waals surface area (Å²) in [4.78, 5) is 4.79. The number of halogens is 1. The van der Waals surface area contributed by atoms with Crippen molar-refractivity contribution in [3.05, 3.63) is 64.0 Å². The molecule has 0 amide bonds. The third-order valence-electron chi connectivity index (χ3n) is 4.46. The van der Waals surface area contributed by atoms with E-state index in [4.69, 9.17) is 4.98 Å². The highest BCUT2D eigenvalue weighted by atomic mass is 19.1. The van der Waals surface area contributed by atoms with Gasteiger partial charge in [-0.1, -0.05) is 12.1 Å². The van der Waals surface area contributed by atoms with Crippen molar-refractivity contribution in [1.82, 2.24) is 4.98 Å². The van der Waals surface area contributed by atoms with Gasteiger partial charge in [-0.25, -0.2) is 9.37 Å². The highest BCUT2D eigenvalue weighted by Gasteiger charge is 2.12. The van der Waals surface area contributed by atoms with E-state index in [0.29, 0.717) is 11.1 Å². The topological polar surface area (TPSA) is 33.1 Å². The zero-order valence-corrected chi connectivity index (χ0v) is 13.9. The Balaban J connectivity index is 2.29. The Morgan fingerprint density at radius 3 is 2.22 bits per heavy atom. The van der Waals surface area contributed by atoms with Crippen LogP contribution in [0.5, 0.6) is 0 Å². The largest absolute Gasteiger partial charge is 0.392 e. The maximum atomic E-state index is 13.9. The number of aromatic nitrogens is 1. The molecule has 1 heterocycles. The molecule has 0 saturated heterocycles. The number of aliphatic hydroxyl groups excluding tert-OH is 1. The molecule has 2 aromatic carbocycles. The third-order valence-corrected chi connectivity index (χ3v) is 4.46. The van der Waals surface area contributed by atoms with Gasteiger partial charge >= 0.3 is 0 Å². The summed E-state index contributed by atoms with van der Waals surface area (Å²) in [6, 6.07) is 9.65. The molecule has 0 aliphatic heterocycles. The first-order valence-corrected chi connectivity index (χ1v) is 7.70. The number of aryl methyl sites for hydroxylation is 4. The molecule has 0 spiro atoms. The number of pyridine rings is 1. The lowest BCUT2D eigenvalue weighted by Gasteiger charge is -2.12. The number of aliphatic hydroxyl groups is 1. The van der Waals surface area contributed by atoms with Crippen molar-refractivity contribution in [3.8, 4) is 11.3 Å². The smallest absolute Gasteiger partial charge is 0.129 e. The van der Waals surface area contributed by atoms with Crippen molar-refractivity contribution in [3.63, 3.8) is 0 Å². The average Bonchev–Trinajstić information content (AvgIpc) is 2.53. The predicted octanol–water partition coefficient (Wildman–Crippen LogP) is 4.77. The monoisotopic (exact) mass is 309 g/mol. The standard InChI is InChI=1S/C20H20FNO/c1-11-9-18(16-7-12(2)19(21)13(3)8-16)22-20-14(4)15(10-23)5-6-17(11)20/h5-9,23H,10H2,1-4H3. The molecule has 3 aromatic rings. The molecular weight excluding hydrogens is 289 g/mol. The van der Waals surface area contributed by atoms with Crippen molar-refractivity contribution in [2.75, 3.05) is 0 Å². The second kappa shape index (κ2) is 5.74. The number of hydrogen-bond acceptors (Lipinski definition) is 2. The Bertz CT molecular complexity index is 892. The second-order valence-corrected chi connectivity index (χ2v) is 6.15. The van der Waals surface area contributed by atoms with E-state index in [2.05, 4.69) is 6.92 Å². The van der Waals surface area contributed by atoms with Gasteiger partial charge in [0.2, 0.25) is 0 Å². The van der Waals surface area contributed by atoms with E-state index in [9.17, 15) is 9.50 Å². The zero-order chi connectivity index (χ0) is 16.7. The molecule has 0 aliphatic rings. The number of hydrogen-bond donors (Lipinski definition) is 1. The lowest BCUT2D eigenvalue weighted by molar-refractivity contribution is 0.281. The molecule has 1 N–H and O–H groups in total. The minimum atomic E-state index is -0.162. The lowest BCUT2D eigenvalue weighted by Crippen LogP contribution is -1.97. The Hall–Kier alpha value is -2.26. The third kappa shape index (κ3) is 2.62. The first kappa shape index (κ1) is 15.6. The molecule has 0 aliphatic carbocycles. The fourth-order valence-electron chi connectivity index (χ4n) is 3.05. The first-order chi connectivity index (χ1) is 10.9. The molecule has 0 fully saturated rings. The van der Waals surface area contributed by atoms with Gasteiger partial charge in [0.25, 0.3) is 0 Å². The van der Waals surface area contributed by atoms with E-state index in [-0.39, 0.29) is 12.4 Å². The fourth-order valence-corrected chi connectivity index (χ4v) is 3.05. The normalized spacial score (nSPS) is 11.2. The van der Waals surface area contributed by atoms with Crippen LogP contribution in [0, 0.1) is 33.5 Å². The van der Waals surface area contributed by atoms with E-state index in [1.54, 1.807) is 13.8 Å². The van der Waals surface area contributed by atoms with E-state index in [0.717, 1.165) is 38.9 Å². The summed E-state index contributed by atoms with van der Waals surface area (Å²) in [6.45, 7) is 7.57. The Labute approximate surface area is 135 Å². The molecule has 3 heteroatoms. The van der Waals surface area contributed by atoms with Gasteiger partial charge in [0.05, 0.1) is 17.8 Å². The van der Waals surface area contributed by atoms with Crippen LogP contribution in [0.2, 0.25) is 0 Å². The molecule has 0 radical (unpaired) electrons. The van der Waals surface area contributed by atoms with Gasteiger partial charge in [0.15, 0.2) is 0 Å². The van der Waals surface area contributed by atoms with Gasteiger partial charge < -0.3 is 5.11 Å². The second-order valence-electron chi connectivity index (χ2n) is 6.15. The number of rotatable bonds is 2. The van der Waals surface area contributed by atoms with Crippen molar-refractivity contribution < 1.29 is 9.50 Å². The predicted molar refractivity (Wildman–Crippen MR) is 92.0 cm³/mol. The maximum Gasteiger partial charge on any atom is 0.129 e. The lowest BCUT2D eigenvalue weighted by atomic mass is 9.98. The van der Waals surface area contributed by atoms with Gasteiger partial charge in [-0.2, -0.15) is 0 Å².